The summed E-state index contributed by atoms with van der Waals surface area (Å²) >= 11 is 0. The van der Waals surface area contributed by atoms with Crippen LogP contribution in [0.4, 0.5) is 5.82 Å². The molecule has 0 aliphatic carbocycles. The fourth-order valence-corrected chi connectivity index (χ4v) is 1.90. The molecular weight excluding hydrogens is 252 g/mol. The topological polar surface area (TPSA) is 127 Å². The molecule has 2 atom stereocenters. The van der Waals surface area contributed by atoms with E-state index in [1.165, 1.54) is 12.4 Å². The van der Waals surface area contributed by atoms with Gasteiger partial charge in [0.15, 0.2) is 17.6 Å². The second-order valence-corrected chi connectivity index (χ2v) is 4.16. The van der Waals surface area contributed by atoms with E-state index in [-0.39, 0.29) is 17.6 Å². The van der Waals surface area contributed by atoms with E-state index in [9.17, 15) is 9.59 Å². The van der Waals surface area contributed by atoms with Crippen LogP contribution in [-0.2, 0) is 9.53 Å². The van der Waals surface area contributed by atoms with Gasteiger partial charge in [0.2, 0.25) is 0 Å². The van der Waals surface area contributed by atoms with Gasteiger partial charge in [0.25, 0.3) is 5.91 Å². The van der Waals surface area contributed by atoms with E-state index < -0.39 is 18.0 Å². The van der Waals surface area contributed by atoms with Crippen LogP contribution in [0.1, 0.15) is 23.3 Å². The van der Waals surface area contributed by atoms with Gasteiger partial charge in [0.05, 0.1) is 6.10 Å². The first-order valence-corrected chi connectivity index (χ1v) is 5.81. The maximum absolute atomic E-state index is 11.1. The van der Waals surface area contributed by atoms with Gasteiger partial charge >= 0.3 is 5.97 Å². The van der Waals surface area contributed by atoms with Crippen molar-refractivity contribution in [2.24, 2.45) is 5.73 Å². The van der Waals surface area contributed by atoms with Gasteiger partial charge in [0.1, 0.15) is 0 Å². The smallest absolute Gasteiger partial charge is 0.332 e. The average Bonchev–Trinajstić information content (AvgIpc) is 2.85. The van der Waals surface area contributed by atoms with Crippen molar-refractivity contribution in [3.05, 3.63) is 18.1 Å². The van der Waals surface area contributed by atoms with Gasteiger partial charge in [-0.2, -0.15) is 0 Å². The SMILES string of the molecule is NC(=O)c1nccnc1NCC1CCC(C(=O)O)O1. The molecule has 1 aromatic rings. The van der Waals surface area contributed by atoms with E-state index in [1.807, 2.05) is 0 Å². The number of anilines is 1. The summed E-state index contributed by atoms with van der Waals surface area (Å²) in [5.41, 5.74) is 5.22. The summed E-state index contributed by atoms with van der Waals surface area (Å²) in [6, 6.07) is 0. The molecule has 1 aromatic heterocycles. The third-order valence-electron chi connectivity index (χ3n) is 2.81. The number of aliphatic carboxylic acids is 1. The van der Waals surface area contributed by atoms with Crippen molar-refractivity contribution in [2.75, 3.05) is 11.9 Å². The minimum atomic E-state index is -0.958. The van der Waals surface area contributed by atoms with Gasteiger partial charge in [-0.15, -0.1) is 0 Å². The third kappa shape index (κ3) is 3.16. The lowest BCUT2D eigenvalue weighted by Gasteiger charge is -2.13. The molecule has 1 aliphatic heterocycles. The molecule has 0 radical (unpaired) electrons. The molecule has 4 N–H and O–H groups in total. The highest BCUT2D eigenvalue weighted by atomic mass is 16.5. The molecule has 1 aliphatic rings. The number of nitrogens with zero attached hydrogens (tertiary/aromatic N) is 2. The van der Waals surface area contributed by atoms with E-state index in [0.717, 1.165) is 0 Å². The normalized spacial score (nSPS) is 22.1. The maximum atomic E-state index is 11.1. The number of carbonyl (C=O) groups excluding carboxylic acids is 1. The average molecular weight is 266 g/mol. The molecule has 2 heterocycles. The maximum Gasteiger partial charge on any atom is 0.332 e. The number of carboxylic acid groups (broad SMARTS) is 1. The lowest BCUT2D eigenvalue weighted by atomic mass is 10.2. The lowest BCUT2D eigenvalue weighted by molar-refractivity contribution is -0.149. The Kier molecular flexibility index (Phi) is 3.91. The molecule has 1 saturated heterocycles. The molecule has 0 saturated carbocycles. The van der Waals surface area contributed by atoms with Crippen LogP contribution >= 0.6 is 0 Å². The molecule has 2 unspecified atom stereocenters. The number of carboxylic acids is 1. The number of hydrogen-bond acceptors (Lipinski definition) is 6. The number of aromatic nitrogens is 2. The second-order valence-electron chi connectivity index (χ2n) is 4.16. The number of rotatable bonds is 5. The second kappa shape index (κ2) is 5.61. The standard InChI is InChI=1S/C11H14N4O4/c12-9(16)8-10(14-4-3-13-8)15-5-6-1-2-7(19-6)11(17)18/h3-4,6-7H,1-2,5H2,(H2,12,16)(H,14,15)(H,17,18). The van der Waals surface area contributed by atoms with Crippen LogP contribution in [0.25, 0.3) is 0 Å². The van der Waals surface area contributed by atoms with Crippen molar-refractivity contribution < 1.29 is 19.4 Å². The quantitative estimate of drug-likeness (QED) is 0.662. The van der Waals surface area contributed by atoms with Crippen molar-refractivity contribution in [2.45, 2.75) is 25.0 Å². The molecule has 0 spiro atoms. The Morgan fingerprint density at radius 2 is 2.16 bits per heavy atom. The monoisotopic (exact) mass is 266 g/mol. The molecule has 8 nitrogen and oxygen atoms in total. The minimum absolute atomic E-state index is 0.0512. The van der Waals surface area contributed by atoms with Gasteiger partial charge in [-0.3, -0.25) is 4.79 Å². The number of hydrogen-bond donors (Lipinski definition) is 3. The zero-order valence-electron chi connectivity index (χ0n) is 10.1. The largest absolute Gasteiger partial charge is 0.479 e. The summed E-state index contributed by atoms with van der Waals surface area (Å²) in [5, 5.41) is 11.7. The van der Waals surface area contributed by atoms with Crippen LogP contribution in [0.5, 0.6) is 0 Å². The number of nitrogens with two attached hydrogens (primary N) is 1. The highest BCUT2D eigenvalue weighted by Gasteiger charge is 2.30. The Morgan fingerprint density at radius 1 is 1.42 bits per heavy atom. The van der Waals surface area contributed by atoms with Crippen LogP contribution in [0.2, 0.25) is 0 Å². The fourth-order valence-electron chi connectivity index (χ4n) is 1.90. The fraction of sp³-hybridized carbons (Fsp3) is 0.455. The van der Waals surface area contributed by atoms with Crippen molar-refractivity contribution in [3.63, 3.8) is 0 Å². The van der Waals surface area contributed by atoms with E-state index in [4.69, 9.17) is 15.6 Å². The minimum Gasteiger partial charge on any atom is -0.479 e. The van der Waals surface area contributed by atoms with Crippen molar-refractivity contribution in [1.82, 2.24) is 9.97 Å². The summed E-state index contributed by atoms with van der Waals surface area (Å²) in [5.74, 6) is -1.36. The van der Waals surface area contributed by atoms with Crippen LogP contribution in [0.3, 0.4) is 0 Å². The van der Waals surface area contributed by atoms with Crippen LogP contribution in [0.15, 0.2) is 12.4 Å². The Labute approximate surface area is 109 Å². The molecule has 8 heteroatoms. The summed E-state index contributed by atoms with van der Waals surface area (Å²) in [6.45, 7) is 0.350. The van der Waals surface area contributed by atoms with E-state index in [0.29, 0.717) is 19.4 Å². The molecule has 1 amide bonds. The van der Waals surface area contributed by atoms with Crippen molar-refractivity contribution in [1.29, 1.82) is 0 Å². The highest BCUT2D eigenvalue weighted by molar-refractivity contribution is 5.95. The predicted octanol–water partition coefficient (Wildman–Crippen LogP) is -0.380. The van der Waals surface area contributed by atoms with Crippen molar-refractivity contribution in [3.8, 4) is 0 Å². The van der Waals surface area contributed by atoms with E-state index in [1.54, 1.807) is 0 Å². The van der Waals surface area contributed by atoms with Crippen molar-refractivity contribution >= 4 is 17.7 Å². The van der Waals surface area contributed by atoms with Gasteiger partial charge in [-0.05, 0) is 12.8 Å². The third-order valence-corrected chi connectivity index (χ3v) is 2.81. The first kappa shape index (κ1) is 13.2. The highest BCUT2D eigenvalue weighted by Crippen LogP contribution is 2.20. The van der Waals surface area contributed by atoms with Gasteiger partial charge in [-0.25, -0.2) is 14.8 Å². The van der Waals surface area contributed by atoms with Gasteiger partial charge in [0, 0.05) is 18.9 Å². The zero-order valence-corrected chi connectivity index (χ0v) is 10.1. The summed E-state index contributed by atoms with van der Waals surface area (Å²) in [4.78, 5) is 29.7. The summed E-state index contributed by atoms with van der Waals surface area (Å²) in [7, 11) is 0. The number of primary amides is 1. The Morgan fingerprint density at radius 3 is 2.79 bits per heavy atom. The molecule has 2 rings (SSSR count). The van der Waals surface area contributed by atoms with Crippen LogP contribution < -0.4 is 11.1 Å². The molecule has 102 valence electrons. The number of ether oxygens (including phenoxy) is 1. The Balaban J connectivity index is 1.93. The van der Waals surface area contributed by atoms with Gasteiger partial charge < -0.3 is 20.9 Å². The number of nitrogens with one attached hydrogen (secondary N) is 1. The molecule has 1 fully saturated rings. The molecule has 19 heavy (non-hydrogen) atoms. The lowest BCUT2D eigenvalue weighted by Crippen LogP contribution is -2.26. The first-order chi connectivity index (χ1) is 9.08. The van der Waals surface area contributed by atoms with Gasteiger partial charge in [-0.1, -0.05) is 0 Å². The van der Waals surface area contributed by atoms with E-state index in [2.05, 4.69) is 15.3 Å². The predicted molar refractivity (Wildman–Crippen MR) is 64.6 cm³/mol. The molecule has 0 bridgehead atoms. The molecular formula is C11H14N4O4. The Bertz CT molecular complexity index is 493. The number of amides is 1. The van der Waals surface area contributed by atoms with Crippen LogP contribution in [-0.4, -0.2) is 45.7 Å². The Hall–Kier alpha value is -2.22. The summed E-state index contributed by atoms with van der Waals surface area (Å²) < 4.78 is 5.32. The first-order valence-electron chi connectivity index (χ1n) is 5.81. The number of carbonyl (C=O) groups is 2. The zero-order chi connectivity index (χ0) is 13.8. The summed E-state index contributed by atoms with van der Waals surface area (Å²) in [6.07, 6.45) is 2.93. The molecule has 0 aromatic carbocycles. The van der Waals surface area contributed by atoms with E-state index >= 15 is 0 Å². The van der Waals surface area contributed by atoms with Crippen LogP contribution in [0, 0.1) is 0 Å².